The highest BCUT2D eigenvalue weighted by Crippen LogP contribution is 2.41. The maximum Gasteiger partial charge on any atom is 0.237 e. The molecule has 1 amide bonds. The number of hydrogen-bond acceptors (Lipinski definition) is 9. The Balaban J connectivity index is 1.01. The van der Waals surface area contributed by atoms with Crippen molar-refractivity contribution < 1.29 is 9.90 Å². The highest BCUT2D eigenvalue weighted by molar-refractivity contribution is 7.15. The molecule has 11 heteroatoms. The molecule has 3 aromatic heterocycles. The van der Waals surface area contributed by atoms with E-state index < -0.39 is 0 Å². The number of nitrogens with one attached hydrogen (secondary N) is 1. The topological polar surface area (TPSA) is 97.7 Å². The van der Waals surface area contributed by atoms with Crippen LogP contribution in [0.25, 0.3) is 32.6 Å². The lowest BCUT2D eigenvalue weighted by Gasteiger charge is -2.20. The molecular formula is C37H38ClN7O2S. The summed E-state index contributed by atoms with van der Waals surface area (Å²) in [6, 6.07) is 16.5. The van der Waals surface area contributed by atoms with Crippen LogP contribution in [0.2, 0.25) is 5.02 Å². The number of amides is 1. The molecule has 0 unspecified atom stereocenters. The summed E-state index contributed by atoms with van der Waals surface area (Å²) in [7, 11) is 0. The van der Waals surface area contributed by atoms with Gasteiger partial charge >= 0.3 is 0 Å². The van der Waals surface area contributed by atoms with Crippen LogP contribution in [0.5, 0.6) is 0 Å². The molecule has 2 N–H and O–H groups in total. The molecule has 0 radical (unpaired) electrons. The fraction of sp³-hybridized carbons (Fsp3) is 0.351. The molecule has 0 aliphatic carbocycles. The third-order valence-corrected chi connectivity index (χ3v) is 11.3. The molecule has 2 saturated heterocycles. The van der Waals surface area contributed by atoms with Gasteiger partial charge in [0.2, 0.25) is 5.91 Å². The van der Waals surface area contributed by atoms with Gasteiger partial charge < -0.3 is 15.3 Å². The van der Waals surface area contributed by atoms with Crippen molar-refractivity contribution in [2.75, 3.05) is 38.0 Å². The van der Waals surface area contributed by atoms with Crippen molar-refractivity contribution >= 4 is 51.3 Å². The zero-order valence-electron chi connectivity index (χ0n) is 27.0. The number of carbonyl (C=O) groups is 1. The van der Waals surface area contributed by atoms with Crippen LogP contribution in [0.1, 0.15) is 41.0 Å². The SMILES string of the molecule is Cc1c(-c2nc3c(s2)CN(C(=O)CN2CC[C@H](O)C2)C3)cccc1-c1cccc(Nc2nccc3cc(CN4CCCC4)cnc23)c1Cl. The van der Waals surface area contributed by atoms with Crippen LogP contribution in [-0.2, 0) is 24.4 Å². The maximum atomic E-state index is 12.9. The van der Waals surface area contributed by atoms with E-state index in [2.05, 4.69) is 46.4 Å². The maximum absolute atomic E-state index is 12.9. The molecular weight excluding hydrogens is 642 g/mol. The van der Waals surface area contributed by atoms with Crippen molar-refractivity contribution in [3.05, 3.63) is 87.6 Å². The first-order valence-corrected chi connectivity index (χ1v) is 17.9. The highest BCUT2D eigenvalue weighted by Gasteiger charge is 2.30. The second-order valence-corrected chi connectivity index (χ2v) is 14.6. The minimum absolute atomic E-state index is 0.0916. The van der Waals surface area contributed by atoms with Gasteiger partial charge in [-0.25, -0.2) is 9.97 Å². The zero-order valence-corrected chi connectivity index (χ0v) is 28.5. The molecule has 0 bridgehead atoms. The summed E-state index contributed by atoms with van der Waals surface area (Å²) in [4.78, 5) is 34.9. The number of carbonyl (C=O) groups excluding carboxylic acids is 1. The fourth-order valence-corrected chi connectivity index (χ4v) is 8.63. The van der Waals surface area contributed by atoms with Gasteiger partial charge in [0.05, 0.1) is 42.1 Å². The normalized spacial score (nSPS) is 18.2. The van der Waals surface area contributed by atoms with Crippen LogP contribution in [0.4, 0.5) is 11.5 Å². The van der Waals surface area contributed by atoms with E-state index >= 15 is 0 Å². The van der Waals surface area contributed by atoms with E-state index in [1.807, 2.05) is 46.5 Å². The van der Waals surface area contributed by atoms with Crippen LogP contribution < -0.4 is 5.32 Å². The van der Waals surface area contributed by atoms with Crippen molar-refractivity contribution in [2.45, 2.75) is 51.9 Å². The third kappa shape index (κ3) is 6.19. The molecule has 3 aliphatic rings. The van der Waals surface area contributed by atoms with Crippen LogP contribution in [0, 0.1) is 6.92 Å². The Morgan fingerprint density at radius 3 is 2.65 bits per heavy atom. The van der Waals surface area contributed by atoms with Gasteiger partial charge in [-0.05, 0) is 74.2 Å². The number of thiazole rings is 1. The number of anilines is 2. The number of β-amino-alcohol motifs (C(OH)–C–C–N with tert-alkyl or cyclic N) is 1. The van der Waals surface area contributed by atoms with E-state index in [1.165, 1.54) is 18.4 Å². The van der Waals surface area contributed by atoms with Crippen molar-refractivity contribution in [2.24, 2.45) is 0 Å². The van der Waals surface area contributed by atoms with Crippen molar-refractivity contribution in [3.63, 3.8) is 0 Å². The van der Waals surface area contributed by atoms with E-state index in [0.717, 1.165) is 87.0 Å². The molecule has 48 heavy (non-hydrogen) atoms. The molecule has 5 aromatic rings. The third-order valence-electron chi connectivity index (χ3n) is 9.78. The van der Waals surface area contributed by atoms with Crippen molar-refractivity contribution in [3.8, 4) is 21.7 Å². The van der Waals surface area contributed by atoms with Crippen molar-refractivity contribution in [1.29, 1.82) is 0 Å². The lowest BCUT2D eigenvalue weighted by atomic mass is 9.96. The monoisotopic (exact) mass is 679 g/mol. The van der Waals surface area contributed by atoms with Gasteiger partial charge in [0.25, 0.3) is 0 Å². The number of halogens is 1. The lowest BCUT2D eigenvalue weighted by Crippen LogP contribution is -2.37. The van der Waals surface area contributed by atoms with Crippen LogP contribution in [0.15, 0.2) is 60.9 Å². The number of rotatable bonds is 8. The number of benzene rings is 2. The smallest absolute Gasteiger partial charge is 0.237 e. The molecule has 2 aromatic carbocycles. The minimum atomic E-state index is -0.327. The fourth-order valence-electron chi connectivity index (χ4n) is 7.18. The Hall–Kier alpha value is -3.93. The predicted octanol–water partition coefficient (Wildman–Crippen LogP) is 6.63. The summed E-state index contributed by atoms with van der Waals surface area (Å²) >= 11 is 8.78. The van der Waals surface area contributed by atoms with Gasteiger partial charge in [0.15, 0.2) is 5.82 Å². The first kappa shape index (κ1) is 31.3. The quantitative estimate of drug-likeness (QED) is 0.189. The van der Waals surface area contributed by atoms with Gasteiger partial charge in [0.1, 0.15) is 10.5 Å². The second-order valence-electron chi connectivity index (χ2n) is 13.1. The Morgan fingerprint density at radius 1 is 1.02 bits per heavy atom. The number of likely N-dealkylation sites (tertiary alicyclic amines) is 2. The van der Waals surface area contributed by atoms with Crippen LogP contribution in [0.3, 0.4) is 0 Å². The van der Waals surface area contributed by atoms with Crippen LogP contribution in [-0.4, -0.2) is 79.5 Å². The summed E-state index contributed by atoms with van der Waals surface area (Å²) in [6.07, 6.45) is 6.72. The molecule has 9 nitrogen and oxygen atoms in total. The average molecular weight is 680 g/mol. The number of fused-ring (bicyclic) bond motifs is 2. The van der Waals surface area contributed by atoms with Crippen LogP contribution >= 0.6 is 22.9 Å². The Morgan fingerprint density at radius 2 is 1.83 bits per heavy atom. The van der Waals surface area contributed by atoms with Gasteiger partial charge in [-0.2, -0.15) is 0 Å². The van der Waals surface area contributed by atoms with Gasteiger partial charge in [-0.15, -0.1) is 11.3 Å². The average Bonchev–Trinajstić information content (AvgIpc) is 3.89. The summed E-state index contributed by atoms with van der Waals surface area (Å²) in [6.45, 7) is 8.13. The largest absolute Gasteiger partial charge is 0.392 e. The molecule has 246 valence electrons. The molecule has 0 spiro atoms. The van der Waals surface area contributed by atoms with Crippen molar-refractivity contribution in [1.82, 2.24) is 29.7 Å². The summed E-state index contributed by atoms with van der Waals surface area (Å²) in [5.74, 6) is 0.765. The van der Waals surface area contributed by atoms with Gasteiger partial charge in [-0.3, -0.25) is 19.6 Å². The van der Waals surface area contributed by atoms with E-state index in [4.69, 9.17) is 21.6 Å². The zero-order chi connectivity index (χ0) is 32.8. The van der Waals surface area contributed by atoms with E-state index in [-0.39, 0.29) is 12.0 Å². The number of aliphatic hydroxyl groups is 1. The van der Waals surface area contributed by atoms with E-state index in [0.29, 0.717) is 37.0 Å². The first-order chi connectivity index (χ1) is 23.4. The summed E-state index contributed by atoms with van der Waals surface area (Å²) in [5.41, 5.74) is 7.89. The second kappa shape index (κ2) is 13.2. The highest BCUT2D eigenvalue weighted by atomic mass is 35.5. The van der Waals surface area contributed by atoms with Gasteiger partial charge in [-0.1, -0.05) is 41.9 Å². The standard InChI is InChI=1S/C37H38ClN7O2S/c1-23-27(6-4-7-28(23)37-42-31-20-45(21-32(31)48-37)33(47)22-44-15-11-26(46)19-44)29-8-5-9-30(34(29)38)41-36-35-25(10-12-39-36)16-24(17-40-35)18-43-13-2-3-14-43/h4-10,12,16-17,26,46H,2-3,11,13-15,18-22H2,1H3,(H,39,41)/t26-/m0/s1. The molecule has 6 heterocycles. The molecule has 2 fully saturated rings. The number of nitrogens with zero attached hydrogens (tertiary/aromatic N) is 6. The Labute approximate surface area is 289 Å². The summed E-state index contributed by atoms with van der Waals surface area (Å²) in [5, 5.41) is 15.9. The summed E-state index contributed by atoms with van der Waals surface area (Å²) < 4.78 is 0. The molecule has 3 aliphatic heterocycles. The lowest BCUT2D eigenvalue weighted by molar-refractivity contribution is -0.132. The predicted molar refractivity (Wildman–Crippen MR) is 191 cm³/mol. The number of hydrogen-bond donors (Lipinski definition) is 2. The van der Waals surface area contributed by atoms with E-state index in [9.17, 15) is 9.90 Å². The van der Waals surface area contributed by atoms with Gasteiger partial charge in [0, 0.05) is 53.4 Å². The first-order valence-electron chi connectivity index (χ1n) is 16.7. The molecule has 1 atom stereocenters. The molecule has 8 rings (SSSR count). The molecule has 0 saturated carbocycles. The number of aliphatic hydroxyl groups excluding tert-OH is 1. The number of aromatic nitrogens is 3. The number of pyridine rings is 2. The Kier molecular flexibility index (Phi) is 8.60. The van der Waals surface area contributed by atoms with E-state index in [1.54, 1.807) is 11.3 Å². The Bertz CT molecular complexity index is 1990. The minimum Gasteiger partial charge on any atom is -0.392 e.